The van der Waals surface area contributed by atoms with Gasteiger partial charge >= 0.3 is 0 Å². The zero-order chi connectivity index (χ0) is 19.7. The van der Waals surface area contributed by atoms with Crippen LogP contribution in [-0.2, 0) is 5.41 Å². The maximum absolute atomic E-state index is 12.7. The molecule has 1 saturated heterocycles. The molecule has 146 valence electrons. The van der Waals surface area contributed by atoms with Crippen molar-refractivity contribution >= 4 is 16.9 Å². The standard InChI is InChI=1S/C24H28N2O2/c1-24(2,3)18-7-4-16(5-8-18)17-6-9-20-21(15-28-22(20)14-17)23(27)26-19-10-12-25-13-11-19/h4-9,14-15,19,25H,10-13H2,1-3H3,(H,26,27). The molecule has 1 aliphatic rings. The Morgan fingerprint density at radius 2 is 1.71 bits per heavy atom. The minimum Gasteiger partial charge on any atom is -0.463 e. The van der Waals surface area contributed by atoms with Gasteiger partial charge in [-0.25, -0.2) is 0 Å². The second-order valence-corrected chi connectivity index (χ2v) is 8.69. The number of benzene rings is 2. The highest BCUT2D eigenvalue weighted by molar-refractivity contribution is 6.06. The van der Waals surface area contributed by atoms with Gasteiger partial charge in [0.2, 0.25) is 0 Å². The van der Waals surface area contributed by atoms with E-state index in [0.29, 0.717) is 5.56 Å². The van der Waals surface area contributed by atoms with Crippen LogP contribution >= 0.6 is 0 Å². The molecule has 1 amide bonds. The molecular weight excluding hydrogens is 348 g/mol. The largest absolute Gasteiger partial charge is 0.463 e. The molecule has 3 aromatic rings. The Hall–Kier alpha value is -2.59. The summed E-state index contributed by atoms with van der Waals surface area (Å²) in [6.45, 7) is 8.55. The second-order valence-electron chi connectivity index (χ2n) is 8.69. The number of hydrogen-bond donors (Lipinski definition) is 2. The summed E-state index contributed by atoms with van der Waals surface area (Å²) >= 11 is 0. The number of piperidine rings is 1. The Morgan fingerprint density at radius 3 is 2.39 bits per heavy atom. The minimum atomic E-state index is -0.0482. The molecule has 1 fully saturated rings. The molecule has 1 aromatic heterocycles. The monoisotopic (exact) mass is 376 g/mol. The minimum absolute atomic E-state index is 0.0482. The molecule has 2 aromatic carbocycles. The van der Waals surface area contributed by atoms with Crippen LogP contribution in [0.15, 0.2) is 53.1 Å². The van der Waals surface area contributed by atoms with Crippen LogP contribution in [0.1, 0.15) is 49.5 Å². The van der Waals surface area contributed by atoms with Gasteiger partial charge in [-0.05, 0) is 60.2 Å². The Morgan fingerprint density at radius 1 is 1.04 bits per heavy atom. The zero-order valence-corrected chi connectivity index (χ0v) is 16.8. The molecule has 0 aliphatic carbocycles. The van der Waals surface area contributed by atoms with Gasteiger partial charge in [0.1, 0.15) is 11.8 Å². The van der Waals surface area contributed by atoms with Gasteiger partial charge in [0.25, 0.3) is 5.91 Å². The van der Waals surface area contributed by atoms with Crippen LogP contribution in [0, 0.1) is 0 Å². The van der Waals surface area contributed by atoms with Gasteiger partial charge in [-0.3, -0.25) is 4.79 Å². The zero-order valence-electron chi connectivity index (χ0n) is 16.8. The summed E-state index contributed by atoms with van der Waals surface area (Å²) in [5.74, 6) is -0.0482. The summed E-state index contributed by atoms with van der Waals surface area (Å²) in [6.07, 6.45) is 3.51. The van der Waals surface area contributed by atoms with Gasteiger partial charge in [-0.15, -0.1) is 0 Å². The molecule has 2 heterocycles. The normalized spacial score (nSPS) is 15.7. The molecular formula is C24H28N2O2. The molecule has 4 rings (SSSR count). The molecule has 0 spiro atoms. The fourth-order valence-electron chi connectivity index (χ4n) is 3.78. The van der Waals surface area contributed by atoms with Gasteiger partial charge in [-0.2, -0.15) is 0 Å². The maximum atomic E-state index is 12.7. The van der Waals surface area contributed by atoms with Crippen LogP contribution in [0.2, 0.25) is 0 Å². The van der Waals surface area contributed by atoms with Gasteiger partial charge in [0.15, 0.2) is 0 Å². The first kappa shape index (κ1) is 18.8. The van der Waals surface area contributed by atoms with E-state index < -0.39 is 0 Å². The molecule has 1 aliphatic heterocycles. The Labute approximate surface area is 166 Å². The van der Waals surface area contributed by atoms with Crippen molar-refractivity contribution in [3.05, 3.63) is 59.9 Å². The van der Waals surface area contributed by atoms with Crippen molar-refractivity contribution in [1.29, 1.82) is 0 Å². The molecule has 4 heteroatoms. The van der Waals surface area contributed by atoms with Crippen molar-refractivity contribution < 1.29 is 9.21 Å². The summed E-state index contributed by atoms with van der Waals surface area (Å²) < 4.78 is 5.73. The van der Waals surface area contributed by atoms with Crippen molar-refractivity contribution in [2.45, 2.75) is 45.1 Å². The van der Waals surface area contributed by atoms with Crippen molar-refractivity contribution in [2.75, 3.05) is 13.1 Å². The van der Waals surface area contributed by atoms with E-state index in [1.54, 1.807) is 6.26 Å². The predicted octanol–water partition coefficient (Wildman–Crippen LogP) is 4.88. The predicted molar refractivity (Wildman–Crippen MR) is 114 cm³/mol. The van der Waals surface area contributed by atoms with E-state index in [2.05, 4.69) is 61.7 Å². The lowest BCUT2D eigenvalue weighted by molar-refractivity contribution is 0.0930. The maximum Gasteiger partial charge on any atom is 0.255 e. The molecule has 2 N–H and O–H groups in total. The molecule has 0 saturated carbocycles. The van der Waals surface area contributed by atoms with E-state index in [4.69, 9.17) is 4.42 Å². The molecule has 0 bridgehead atoms. The summed E-state index contributed by atoms with van der Waals surface area (Å²) in [4.78, 5) is 12.7. The second kappa shape index (κ2) is 7.44. The number of nitrogens with one attached hydrogen (secondary N) is 2. The molecule has 28 heavy (non-hydrogen) atoms. The lowest BCUT2D eigenvalue weighted by Gasteiger charge is -2.23. The molecule has 4 nitrogen and oxygen atoms in total. The van der Waals surface area contributed by atoms with E-state index in [0.717, 1.165) is 48.0 Å². The third-order valence-electron chi connectivity index (χ3n) is 5.58. The number of hydrogen-bond acceptors (Lipinski definition) is 3. The number of carbonyl (C=O) groups is 1. The summed E-state index contributed by atoms with van der Waals surface area (Å²) in [6, 6.07) is 15.0. The number of fused-ring (bicyclic) bond motifs is 1. The molecule has 0 unspecified atom stereocenters. The Bertz CT molecular complexity index is 974. The summed E-state index contributed by atoms with van der Waals surface area (Å²) in [7, 11) is 0. The number of carbonyl (C=O) groups excluding carboxylic acids is 1. The summed E-state index contributed by atoms with van der Waals surface area (Å²) in [5, 5.41) is 7.32. The molecule has 0 radical (unpaired) electrons. The summed E-state index contributed by atoms with van der Waals surface area (Å²) in [5.41, 5.74) is 5.04. The number of furan rings is 1. The molecule has 0 atom stereocenters. The van der Waals surface area contributed by atoms with Gasteiger partial charge in [-0.1, -0.05) is 51.1 Å². The smallest absolute Gasteiger partial charge is 0.255 e. The van der Waals surface area contributed by atoms with Crippen molar-refractivity contribution in [3.63, 3.8) is 0 Å². The van der Waals surface area contributed by atoms with Crippen molar-refractivity contribution in [2.24, 2.45) is 0 Å². The fourth-order valence-corrected chi connectivity index (χ4v) is 3.78. The van der Waals surface area contributed by atoms with Gasteiger partial charge in [0, 0.05) is 11.4 Å². The van der Waals surface area contributed by atoms with E-state index in [-0.39, 0.29) is 17.4 Å². The third kappa shape index (κ3) is 3.83. The Kier molecular flexibility index (Phi) is 4.98. The van der Waals surface area contributed by atoms with E-state index in [9.17, 15) is 4.79 Å². The van der Waals surface area contributed by atoms with Crippen molar-refractivity contribution in [3.8, 4) is 11.1 Å². The highest BCUT2D eigenvalue weighted by Crippen LogP contribution is 2.30. The first-order chi connectivity index (χ1) is 13.4. The van der Waals surface area contributed by atoms with Gasteiger partial charge in [0.05, 0.1) is 5.56 Å². The van der Waals surface area contributed by atoms with E-state index in [1.165, 1.54) is 5.56 Å². The number of rotatable bonds is 3. The third-order valence-corrected chi connectivity index (χ3v) is 5.58. The Balaban J connectivity index is 1.56. The average Bonchev–Trinajstić information content (AvgIpc) is 3.11. The number of amides is 1. The topological polar surface area (TPSA) is 54.3 Å². The van der Waals surface area contributed by atoms with Crippen LogP contribution < -0.4 is 10.6 Å². The van der Waals surface area contributed by atoms with Crippen LogP contribution in [0.5, 0.6) is 0 Å². The van der Waals surface area contributed by atoms with E-state index in [1.807, 2.05) is 12.1 Å². The van der Waals surface area contributed by atoms with Crippen LogP contribution in [-0.4, -0.2) is 25.0 Å². The quantitative estimate of drug-likeness (QED) is 0.685. The average molecular weight is 377 g/mol. The lowest BCUT2D eigenvalue weighted by Crippen LogP contribution is -2.42. The first-order valence-electron chi connectivity index (χ1n) is 10.1. The van der Waals surface area contributed by atoms with Crippen LogP contribution in [0.25, 0.3) is 22.1 Å². The highest BCUT2D eigenvalue weighted by Gasteiger charge is 2.20. The fraction of sp³-hybridized carbons (Fsp3) is 0.375. The van der Waals surface area contributed by atoms with E-state index >= 15 is 0 Å². The SMILES string of the molecule is CC(C)(C)c1ccc(-c2ccc3c(C(=O)NC4CCNCC4)coc3c2)cc1. The van der Waals surface area contributed by atoms with Crippen molar-refractivity contribution in [1.82, 2.24) is 10.6 Å². The van der Waals surface area contributed by atoms with Gasteiger partial charge < -0.3 is 15.1 Å². The van der Waals surface area contributed by atoms with Crippen LogP contribution in [0.3, 0.4) is 0 Å². The van der Waals surface area contributed by atoms with Crippen LogP contribution in [0.4, 0.5) is 0 Å². The first-order valence-corrected chi connectivity index (χ1v) is 10.1. The lowest BCUT2D eigenvalue weighted by atomic mass is 9.86. The highest BCUT2D eigenvalue weighted by atomic mass is 16.3.